The van der Waals surface area contributed by atoms with Crippen LogP contribution < -0.4 is 4.90 Å². The highest BCUT2D eigenvalue weighted by atomic mass is 32.2. The lowest BCUT2D eigenvalue weighted by molar-refractivity contribution is 0.0977. The Labute approximate surface area is 185 Å². The second-order valence-electron chi connectivity index (χ2n) is 6.99. The Balaban J connectivity index is 2.01. The van der Waals surface area contributed by atoms with E-state index in [1.54, 1.807) is 20.9 Å². The van der Waals surface area contributed by atoms with Gasteiger partial charge in [0.25, 0.3) is 5.91 Å². The van der Waals surface area contributed by atoms with E-state index in [1.807, 2.05) is 12.3 Å². The summed E-state index contributed by atoms with van der Waals surface area (Å²) in [6.45, 7) is 6.26. The molecule has 0 radical (unpaired) electrons. The number of carbonyl (C=O) groups is 1. The fourth-order valence-electron chi connectivity index (χ4n) is 3.28. The number of sulfonamides is 1. The topological polar surface area (TPSA) is 75.5 Å². The zero-order valence-corrected chi connectivity index (χ0v) is 19.5. The molecular weight excluding hydrogens is 439 g/mol. The third-order valence-electron chi connectivity index (χ3n) is 4.91. The summed E-state index contributed by atoms with van der Waals surface area (Å²) in [4.78, 5) is 19.4. The smallest absolute Gasteiger partial charge is 0.275 e. The number of rotatable bonds is 8. The van der Waals surface area contributed by atoms with Gasteiger partial charge in [-0.3, -0.25) is 4.79 Å². The molecule has 0 bridgehead atoms. The van der Waals surface area contributed by atoms with Gasteiger partial charge in [-0.2, -0.15) is 4.31 Å². The maximum absolute atomic E-state index is 13.5. The molecule has 0 atom stereocenters. The fraction of sp³-hybridized carbons (Fsp3) is 0.333. The van der Waals surface area contributed by atoms with Crippen molar-refractivity contribution in [3.05, 3.63) is 64.1 Å². The van der Waals surface area contributed by atoms with Crippen molar-refractivity contribution in [2.75, 3.05) is 18.0 Å². The highest BCUT2D eigenvalue weighted by Gasteiger charge is 2.28. The van der Waals surface area contributed by atoms with Crippen LogP contribution in [0.1, 0.15) is 35.0 Å². The van der Waals surface area contributed by atoms with Crippen LogP contribution in [0.2, 0.25) is 0 Å². The largest absolute Gasteiger partial charge is 0.345 e. The monoisotopic (exact) mass is 464 g/mol. The molecule has 166 valence electrons. The SMILES string of the molecule is CCN(CC)S(=O)(=O)c1cc(C(=O)N(Cc2csc(C)n2)c2ccc(F)cc2)n(C)c1. The Morgan fingerprint density at radius 3 is 2.39 bits per heavy atom. The zero-order chi connectivity index (χ0) is 22.8. The Bertz CT molecular complexity index is 1170. The summed E-state index contributed by atoms with van der Waals surface area (Å²) in [7, 11) is -2.08. The van der Waals surface area contributed by atoms with Crippen LogP contribution in [0.15, 0.2) is 46.8 Å². The number of carbonyl (C=O) groups excluding carboxylic acids is 1. The molecular formula is C21H25FN4O3S2. The molecule has 0 fully saturated rings. The van der Waals surface area contributed by atoms with Gasteiger partial charge in [0.15, 0.2) is 0 Å². The zero-order valence-electron chi connectivity index (χ0n) is 17.9. The molecule has 0 saturated heterocycles. The fourth-order valence-corrected chi connectivity index (χ4v) is 5.42. The number of hydrogen-bond acceptors (Lipinski definition) is 5. The van der Waals surface area contributed by atoms with Crippen molar-refractivity contribution >= 4 is 33.0 Å². The molecule has 3 aromatic rings. The van der Waals surface area contributed by atoms with Gasteiger partial charge in [-0.25, -0.2) is 17.8 Å². The minimum absolute atomic E-state index is 0.0607. The summed E-state index contributed by atoms with van der Waals surface area (Å²) in [5.74, 6) is -0.812. The molecule has 0 aliphatic heterocycles. The van der Waals surface area contributed by atoms with Crippen molar-refractivity contribution in [1.82, 2.24) is 13.9 Å². The number of nitrogens with zero attached hydrogens (tertiary/aromatic N) is 4. The van der Waals surface area contributed by atoms with Crippen molar-refractivity contribution in [3.63, 3.8) is 0 Å². The van der Waals surface area contributed by atoms with Crippen LogP contribution in [0.5, 0.6) is 0 Å². The summed E-state index contributed by atoms with van der Waals surface area (Å²) in [6.07, 6.45) is 1.44. The lowest BCUT2D eigenvalue weighted by atomic mass is 10.2. The number of thiazole rings is 1. The van der Waals surface area contributed by atoms with E-state index in [2.05, 4.69) is 4.98 Å². The highest BCUT2D eigenvalue weighted by Crippen LogP contribution is 2.24. The van der Waals surface area contributed by atoms with E-state index in [-0.39, 0.29) is 17.1 Å². The molecule has 10 heteroatoms. The predicted octanol–water partition coefficient (Wildman–Crippen LogP) is 3.81. The first kappa shape index (κ1) is 23.1. The molecule has 1 amide bonds. The van der Waals surface area contributed by atoms with Crippen LogP contribution in [-0.2, 0) is 23.6 Å². The van der Waals surface area contributed by atoms with Crippen LogP contribution in [0.4, 0.5) is 10.1 Å². The van der Waals surface area contributed by atoms with Crippen molar-refractivity contribution in [2.24, 2.45) is 7.05 Å². The first-order chi connectivity index (χ1) is 14.7. The summed E-state index contributed by atoms with van der Waals surface area (Å²) in [5.41, 5.74) is 1.40. The molecule has 0 aliphatic rings. The molecule has 0 N–H and O–H groups in total. The van der Waals surface area contributed by atoms with E-state index in [0.717, 1.165) is 5.01 Å². The Morgan fingerprint density at radius 1 is 1.19 bits per heavy atom. The first-order valence-electron chi connectivity index (χ1n) is 9.82. The van der Waals surface area contributed by atoms with Crippen LogP contribution >= 0.6 is 11.3 Å². The van der Waals surface area contributed by atoms with Gasteiger partial charge in [0.1, 0.15) is 16.4 Å². The second kappa shape index (κ2) is 9.29. The van der Waals surface area contributed by atoms with Crippen LogP contribution in [0, 0.1) is 12.7 Å². The number of benzene rings is 1. The maximum atomic E-state index is 13.5. The van der Waals surface area contributed by atoms with Crippen molar-refractivity contribution in [3.8, 4) is 0 Å². The Kier molecular flexibility index (Phi) is 6.93. The molecule has 0 aliphatic carbocycles. The summed E-state index contributed by atoms with van der Waals surface area (Å²) in [6, 6.07) is 6.98. The van der Waals surface area contributed by atoms with Crippen molar-refractivity contribution < 1.29 is 17.6 Å². The van der Waals surface area contributed by atoms with Gasteiger partial charge in [-0.1, -0.05) is 13.8 Å². The molecule has 7 nitrogen and oxygen atoms in total. The minimum atomic E-state index is -3.71. The van der Waals surface area contributed by atoms with Gasteiger partial charge < -0.3 is 9.47 Å². The third kappa shape index (κ3) is 4.86. The van der Waals surface area contributed by atoms with Gasteiger partial charge >= 0.3 is 0 Å². The highest BCUT2D eigenvalue weighted by molar-refractivity contribution is 7.89. The number of amides is 1. The Hall–Kier alpha value is -2.56. The van der Waals surface area contributed by atoms with Gasteiger partial charge in [0, 0.05) is 37.4 Å². The van der Waals surface area contributed by atoms with Gasteiger partial charge in [-0.05, 0) is 37.3 Å². The first-order valence-corrected chi connectivity index (χ1v) is 12.1. The van der Waals surface area contributed by atoms with Crippen molar-refractivity contribution in [2.45, 2.75) is 32.2 Å². The third-order valence-corrected chi connectivity index (χ3v) is 7.75. The average Bonchev–Trinajstić information content (AvgIpc) is 3.33. The number of anilines is 1. The molecule has 3 rings (SSSR count). The summed E-state index contributed by atoms with van der Waals surface area (Å²) >= 11 is 1.47. The lowest BCUT2D eigenvalue weighted by Crippen LogP contribution is -2.32. The van der Waals surface area contributed by atoms with Crippen molar-refractivity contribution in [1.29, 1.82) is 0 Å². The van der Waals surface area contributed by atoms with Crippen LogP contribution in [0.25, 0.3) is 0 Å². The van der Waals surface area contributed by atoms with Crippen LogP contribution in [0.3, 0.4) is 0 Å². The van der Waals surface area contributed by atoms with E-state index in [9.17, 15) is 17.6 Å². The Morgan fingerprint density at radius 2 is 1.84 bits per heavy atom. The summed E-state index contributed by atoms with van der Waals surface area (Å²) < 4.78 is 42.1. The molecule has 2 aromatic heterocycles. The molecule has 0 saturated carbocycles. The minimum Gasteiger partial charge on any atom is -0.345 e. The lowest BCUT2D eigenvalue weighted by Gasteiger charge is -2.22. The van der Waals surface area contributed by atoms with E-state index < -0.39 is 21.7 Å². The summed E-state index contributed by atoms with van der Waals surface area (Å²) in [5, 5.41) is 2.73. The number of aryl methyl sites for hydroxylation is 2. The average molecular weight is 465 g/mol. The van der Waals surface area contributed by atoms with Gasteiger partial charge in [-0.15, -0.1) is 11.3 Å². The molecule has 1 aromatic carbocycles. The molecule has 0 unspecified atom stereocenters. The van der Waals surface area contributed by atoms with Gasteiger partial charge in [0.2, 0.25) is 10.0 Å². The van der Waals surface area contributed by atoms with E-state index in [0.29, 0.717) is 24.5 Å². The molecule has 0 spiro atoms. The van der Waals surface area contributed by atoms with E-state index in [1.165, 1.54) is 61.6 Å². The van der Waals surface area contributed by atoms with Crippen LogP contribution in [-0.4, -0.2) is 41.3 Å². The number of halogens is 1. The van der Waals surface area contributed by atoms with E-state index >= 15 is 0 Å². The standard InChI is InChI=1S/C21H25FN4O3S2/c1-5-25(6-2)31(28,29)19-11-20(24(4)13-19)21(27)26(12-17-14-30-15(3)23-17)18-9-7-16(22)8-10-18/h7-11,13-14H,5-6,12H2,1-4H3. The van der Waals surface area contributed by atoms with E-state index in [4.69, 9.17) is 0 Å². The normalized spacial score (nSPS) is 11.8. The maximum Gasteiger partial charge on any atom is 0.275 e. The number of aromatic nitrogens is 2. The predicted molar refractivity (Wildman–Crippen MR) is 119 cm³/mol. The molecule has 2 heterocycles. The van der Waals surface area contributed by atoms with Gasteiger partial charge in [0.05, 0.1) is 17.2 Å². The molecule has 31 heavy (non-hydrogen) atoms. The second-order valence-corrected chi connectivity index (χ2v) is 9.99. The number of hydrogen-bond donors (Lipinski definition) is 0. The quantitative estimate of drug-likeness (QED) is 0.508.